The molecule has 2 rings (SSSR count). The van der Waals surface area contributed by atoms with Gasteiger partial charge in [0, 0.05) is 17.7 Å². The van der Waals surface area contributed by atoms with Crippen molar-refractivity contribution >= 4 is 12.2 Å². The molecule has 0 saturated carbocycles. The first-order chi connectivity index (χ1) is 9.19. The molecule has 0 aliphatic carbocycles. The van der Waals surface area contributed by atoms with Gasteiger partial charge in [-0.3, -0.25) is 9.59 Å². The van der Waals surface area contributed by atoms with E-state index in [1.807, 2.05) is 32.0 Å². The average Bonchev–Trinajstić information content (AvgIpc) is 2.68. The molecule has 19 heavy (non-hydrogen) atoms. The van der Waals surface area contributed by atoms with Gasteiger partial charge in [-0.2, -0.15) is 0 Å². The molecule has 1 aromatic carbocycles. The van der Waals surface area contributed by atoms with Gasteiger partial charge in [-0.25, -0.2) is 0 Å². The molecule has 1 unspecified atom stereocenters. The van der Waals surface area contributed by atoms with Crippen molar-refractivity contribution in [2.75, 3.05) is 6.54 Å². The summed E-state index contributed by atoms with van der Waals surface area (Å²) in [6, 6.07) is 9.99. The highest BCUT2D eigenvalue weighted by atomic mass is 16.2. The zero-order valence-electron chi connectivity index (χ0n) is 11.4. The van der Waals surface area contributed by atoms with Gasteiger partial charge in [0.25, 0.3) is 5.91 Å². The molecule has 0 aromatic heterocycles. The van der Waals surface area contributed by atoms with E-state index in [0.717, 1.165) is 12.7 Å². The van der Waals surface area contributed by atoms with E-state index in [0.29, 0.717) is 24.1 Å². The summed E-state index contributed by atoms with van der Waals surface area (Å²) in [5.74, 6) is 0.0213. The maximum Gasteiger partial charge on any atom is 0.250 e. The van der Waals surface area contributed by atoms with Crippen LogP contribution in [-0.4, -0.2) is 29.7 Å². The summed E-state index contributed by atoms with van der Waals surface area (Å²) in [5, 5.41) is 0. The number of aldehydes is 1. The predicted molar refractivity (Wildman–Crippen MR) is 74.7 cm³/mol. The molecule has 0 fully saturated rings. The Morgan fingerprint density at radius 3 is 2.47 bits per heavy atom. The van der Waals surface area contributed by atoms with Crippen molar-refractivity contribution < 1.29 is 9.59 Å². The molecule has 0 bridgehead atoms. The summed E-state index contributed by atoms with van der Waals surface area (Å²) in [6.45, 7) is 4.50. The minimum Gasteiger partial charge on any atom is -0.332 e. The zero-order valence-corrected chi connectivity index (χ0v) is 11.4. The molecule has 0 saturated heterocycles. The number of nitrogens with zero attached hydrogens (tertiary/aromatic N) is 1. The number of benzene rings is 1. The summed E-state index contributed by atoms with van der Waals surface area (Å²) in [7, 11) is 0. The monoisotopic (exact) mass is 257 g/mol. The van der Waals surface area contributed by atoms with Crippen LogP contribution in [0.2, 0.25) is 0 Å². The first-order valence-corrected chi connectivity index (χ1v) is 6.72. The van der Waals surface area contributed by atoms with E-state index in [1.54, 1.807) is 4.90 Å². The molecule has 1 aliphatic heterocycles. The molecule has 1 heterocycles. The number of amides is 1. The molecule has 1 amide bonds. The molecule has 3 nitrogen and oxygen atoms in total. The van der Waals surface area contributed by atoms with Crippen LogP contribution >= 0.6 is 0 Å². The molecule has 1 atom stereocenters. The lowest BCUT2D eigenvalue weighted by Crippen LogP contribution is -2.35. The van der Waals surface area contributed by atoms with E-state index < -0.39 is 0 Å². The molecule has 3 heteroatoms. The van der Waals surface area contributed by atoms with Gasteiger partial charge in [0.05, 0.1) is 6.04 Å². The van der Waals surface area contributed by atoms with Crippen molar-refractivity contribution in [2.45, 2.75) is 32.7 Å². The number of hydrogen-bond donors (Lipinski definition) is 0. The second-order valence-electron chi connectivity index (χ2n) is 4.82. The van der Waals surface area contributed by atoms with Crippen LogP contribution in [0.3, 0.4) is 0 Å². The van der Waals surface area contributed by atoms with Crippen LogP contribution in [0.1, 0.15) is 25.8 Å². The standard InChI is InChI=1S/C16H19NO2/c1-3-14-15(11-18)12(2)17(16(14)19)10-9-13-7-5-4-6-8-13/h4-8,11-12H,3,9-10H2,1-2H3. The second kappa shape index (κ2) is 5.83. The van der Waals surface area contributed by atoms with E-state index in [4.69, 9.17) is 0 Å². The summed E-state index contributed by atoms with van der Waals surface area (Å²) in [6.07, 6.45) is 2.28. The first kappa shape index (κ1) is 13.5. The van der Waals surface area contributed by atoms with Gasteiger partial charge in [0.1, 0.15) is 6.29 Å². The van der Waals surface area contributed by atoms with Gasteiger partial charge in [0.2, 0.25) is 0 Å². The third-order valence-electron chi connectivity index (χ3n) is 3.75. The van der Waals surface area contributed by atoms with Gasteiger partial charge in [-0.05, 0) is 25.3 Å². The van der Waals surface area contributed by atoms with Gasteiger partial charge >= 0.3 is 0 Å². The van der Waals surface area contributed by atoms with Crippen LogP contribution in [0.25, 0.3) is 0 Å². The molecule has 1 aromatic rings. The first-order valence-electron chi connectivity index (χ1n) is 6.72. The molecule has 0 N–H and O–H groups in total. The lowest BCUT2D eigenvalue weighted by atomic mass is 10.1. The Balaban J connectivity index is 2.07. The highest BCUT2D eigenvalue weighted by Gasteiger charge is 2.34. The Morgan fingerprint density at radius 1 is 1.26 bits per heavy atom. The lowest BCUT2D eigenvalue weighted by molar-refractivity contribution is -0.126. The van der Waals surface area contributed by atoms with Crippen LogP contribution in [-0.2, 0) is 16.0 Å². The normalized spacial score (nSPS) is 19.2. The number of carbonyl (C=O) groups excluding carboxylic acids is 2. The van der Waals surface area contributed by atoms with Crippen LogP contribution in [0.5, 0.6) is 0 Å². The smallest absolute Gasteiger partial charge is 0.250 e. The number of hydrogen-bond acceptors (Lipinski definition) is 2. The van der Waals surface area contributed by atoms with Gasteiger partial charge in [-0.15, -0.1) is 0 Å². The maximum atomic E-state index is 12.2. The van der Waals surface area contributed by atoms with E-state index in [9.17, 15) is 9.59 Å². The quantitative estimate of drug-likeness (QED) is 0.759. The maximum absolute atomic E-state index is 12.2. The Morgan fingerprint density at radius 2 is 1.95 bits per heavy atom. The second-order valence-corrected chi connectivity index (χ2v) is 4.82. The van der Waals surface area contributed by atoms with E-state index >= 15 is 0 Å². The third-order valence-corrected chi connectivity index (χ3v) is 3.75. The Hall–Kier alpha value is -1.90. The zero-order chi connectivity index (χ0) is 13.8. The molecule has 100 valence electrons. The Labute approximate surface area is 113 Å². The predicted octanol–water partition coefficient (Wildman–Crippen LogP) is 2.37. The van der Waals surface area contributed by atoms with E-state index in [-0.39, 0.29) is 11.9 Å². The minimum atomic E-state index is -0.0938. The lowest BCUT2D eigenvalue weighted by Gasteiger charge is -2.22. The summed E-state index contributed by atoms with van der Waals surface area (Å²) in [4.78, 5) is 25.2. The average molecular weight is 257 g/mol. The van der Waals surface area contributed by atoms with Crippen molar-refractivity contribution in [1.29, 1.82) is 0 Å². The van der Waals surface area contributed by atoms with Crippen molar-refractivity contribution in [3.8, 4) is 0 Å². The van der Waals surface area contributed by atoms with Crippen molar-refractivity contribution in [2.24, 2.45) is 0 Å². The largest absolute Gasteiger partial charge is 0.332 e. The molecule has 0 radical (unpaired) electrons. The van der Waals surface area contributed by atoms with Crippen molar-refractivity contribution in [3.05, 3.63) is 47.0 Å². The van der Waals surface area contributed by atoms with Gasteiger partial charge in [-0.1, -0.05) is 37.3 Å². The van der Waals surface area contributed by atoms with Crippen LogP contribution in [0, 0.1) is 0 Å². The Kier molecular flexibility index (Phi) is 4.15. The highest BCUT2D eigenvalue weighted by Crippen LogP contribution is 2.26. The molecular weight excluding hydrogens is 238 g/mol. The van der Waals surface area contributed by atoms with E-state index in [1.165, 1.54) is 5.56 Å². The fraction of sp³-hybridized carbons (Fsp3) is 0.375. The summed E-state index contributed by atoms with van der Waals surface area (Å²) >= 11 is 0. The third kappa shape index (κ3) is 2.60. The number of carbonyl (C=O) groups is 2. The molecular formula is C16H19NO2. The fourth-order valence-electron chi connectivity index (χ4n) is 2.61. The van der Waals surface area contributed by atoms with Crippen LogP contribution in [0.4, 0.5) is 0 Å². The number of rotatable bonds is 5. The summed E-state index contributed by atoms with van der Waals surface area (Å²) < 4.78 is 0. The van der Waals surface area contributed by atoms with E-state index in [2.05, 4.69) is 12.1 Å². The van der Waals surface area contributed by atoms with Gasteiger partial charge < -0.3 is 4.90 Å². The Bertz CT molecular complexity index is 505. The van der Waals surface area contributed by atoms with Gasteiger partial charge in [0.15, 0.2) is 0 Å². The van der Waals surface area contributed by atoms with Crippen LogP contribution in [0.15, 0.2) is 41.5 Å². The van der Waals surface area contributed by atoms with Crippen molar-refractivity contribution in [1.82, 2.24) is 4.90 Å². The van der Waals surface area contributed by atoms with Crippen LogP contribution < -0.4 is 0 Å². The fourth-order valence-corrected chi connectivity index (χ4v) is 2.61. The molecule has 1 aliphatic rings. The minimum absolute atomic E-state index is 0.0213. The SMILES string of the molecule is CCC1=C(C=O)C(C)N(CCc2ccccc2)C1=O. The van der Waals surface area contributed by atoms with Crippen molar-refractivity contribution in [3.63, 3.8) is 0 Å². The summed E-state index contributed by atoms with van der Waals surface area (Å²) in [5.41, 5.74) is 2.54. The topological polar surface area (TPSA) is 37.4 Å². The molecule has 0 spiro atoms. The highest BCUT2D eigenvalue weighted by molar-refractivity contribution is 6.03.